The van der Waals surface area contributed by atoms with E-state index in [0.717, 1.165) is 11.3 Å². The molecule has 0 saturated carbocycles. The first kappa shape index (κ1) is 20.5. The summed E-state index contributed by atoms with van der Waals surface area (Å²) in [5.74, 6) is -0.692. The number of hydrogen-bond acceptors (Lipinski definition) is 5. The number of carbonyl (C=O) groups excluding carboxylic acids is 2. The third-order valence-corrected chi connectivity index (χ3v) is 4.90. The first-order chi connectivity index (χ1) is 13.8. The van der Waals surface area contributed by atoms with Gasteiger partial charge in [0.05, 0.1) is 23.8 Å². The zero-order valence-corrected chi connectivity index (χ0v) is 17.4. The summed E-state index contributed by atoms with van der Waals surface area (Å²) in [6, 6.07) is 10.5. The molecule has 0 bridgehead atoms. The van der Waals surface area contributed by atoms with E-state index >= 15 is 0 Å². The molecule has 152 valence electrons. The van der Waals surface area contributed by atoms with Gasteiger partial charge in [-0.25, -0.2) is 9.78 Å². The Bertz CT molecular complexity index is 1040. The van der Waals surface area contributed by atoms with Gasteiger partial charge in [0, 0.05) is 19.2 Å². The van der Waals surface area contributed by atoms with E-state index in [1.165, 1.54) is 7.11 Å². The van der Waals surface area contributed by atoms with Crippen molar-refractivity contribution in [1.82, 2.24) is 20.1 Å². The number of carbonyl (C=O) groups is 2. The van der Waals surface area contributed by atoms with E-state index in [4.69, 9.17) is 4.74 Å². The summed E-state index contributed by atoms with van der Waals surface area (Å²) < 4.78 is 6.59. The molecule has 7 nitrogen and oxygen atoms in total. The summed E-state index contributed by atoms with van der Waals surface area (Å²) in [7, 11) is 3.13. The normalized spacial score (nSPS) is 12.2. The van der Waals surface area contributed by atoms with Gasteiger partial charge in [0.1, 0.15) is 6.04 Å². The number of nitrogens with one attached hydrogen (secondary N) is 1. The molecule has 7 heteroatoms. The molecular formula is C22H26N4O3. The van der Waals surface area contributed by atoms with Crippen molar-refractivity contribution in [3.63, 3.8) is 0 Å². The predicted octanol–water partition coefficient (Wildman–Crippen LogP) is 2.91. The largest absolute Gasteiger partial charge is 0.467 e. The van der Waals surface area contributed by atoms with Crippen molar-refractivity contribution >= 4 is 22.9 Å². The molecule has 2 heterocycles. The van der Waals surface area contributed by atoms with E-state index in [2.05, 4.69) is 15.4 Å². The lowest BCUT2D eigenvalue weighted by molar-refractivity contribution is -0.142. The number of hydrogen-bond donors (Lipinski definition) is 1. The summed E-state index contributed by atoms with van der Waals surface area (Å²) in [6.07, 6.45) is 0.344. The second-order valence-corrected chi connectivity index (χ2v) is 7.40. The SMILES string of the molecule is COC(=O)C(Cc1ccccc1)NC(=O)c1cc(C(C)C)nc2c1c(C)nn2C. The number of amides is 1. The van der Waals surface area contributed by atoms with Crippen LogP contribution in [0.4, 0.5) is 0 Å². The lowest BCUT2D eigenvalue weighted by Crippen LogP contribution is -2.43. The fraction of sp³-hybridized carbons (Fsp3) is 0.364. The molecule has 2 aromatic heterocycles. The van der Waals surface area contributed by atoms with E-state index in [9.17, 15) is 9.59 Å². The van der Waals surface area contributed by atoms with Gasteiger partial charge in [-0.3, -0.25) is 9.48 Å². The van der Waals surface area contributed by atoms with E-state index in [1.807, 2.05) is 51.1 Å². The average Bonchev–Trinajstić information content (AvgIpc) is 3.00. The van der Waals surface area contributed by atoms with Gasteiger partial charge in [-0.05, 0) is 24.5 Å². The number of pyridine rings is 1. The summed E-state index contributed by atoms with van der Waals surface area (Å²) >= 11 is 0. The maximum Gasteiger partial charge on any atom is 0.328 e. The van der Waals surface area contributed by atoms with Crippen molar-refractivity contribution in [3.8, 4) is 0 Å². The second kappa shape index (κ2) is 8.43. The molecule has 0 fully saturated rings. The van der Waals surface area contributed by atoms with Crippen molar-refractivity contribution in [3.05, 3.63) is 58.9 Å². The number of fused-ring (bicyclic) bond motifs is 1. The quantitative estimate of drug-likeness (QED) is 0.650. The number of rotatable bonds is 6. The van der Waals surface area contributed by atoms with Crippen LogP contribution in [0.1, 0.15) is 47.1 Å². The van der Waals surface area contributed by atoms with Gasteiger partial charge in [-0.2, -0.15) is 5.10 Å². The Morgan fingerprint density at radius 3 is 2.52 bits per heavy atom. The van der Waals surface area contributed by atoms with Crippen LogP contribution in [0.15, 0.2) is 36.4 Å². The lowest BCUT2D eigenvalue weighted by Gasteiger charge is -2.18. The van der Waals surface area contributed by atoms with Gasteiger partial charge in [-0.15, -0.1) is 0 Å². The highest BCUT2D eigenvalue weighted by Gasteiger charge is 2.25. The van der Waals surface area contributed by atoms with Crippen molar-refractivity contribution in [2.45, 2.75) is 39.2 Å². The minimum Gasteiger partial charge on any atom is -0.467 e. The summed E-state index contributed by atoms with van der Waals surface area (Å²) in [4.78, 5) is 30.2. The van der Waals surface area contributed by atoms with Crippen molar-refractivity contribution < 1.29 is 14.3 Å². The number of nitrogens with zero attached hydrogens (tertiary/aromatic N) is 3. The van der Waals surface area contributed by atoms with Gasteiger partial charge in [-0.1, -0.05) is 44.2 Å². The topological polar surface area (TPSA) is 86.1 Å². The Balaban J connectivity index is 1.99. The third-order valence-electron chi connectivity index (χ3n) is 4.90. The zero-order valence-electron chi connectivity index (χ0n) is 17.4. The van der Waals surface area contributed by atoms with Crippen LogP contribution in [0, 0.1) is 6.92 Å². The minimum absolute atomic E-state index is 0.141. The molecule has 0 aliphatic rings. The van der Waals surface area contributed by atoms with E-state index in [-0.39, 0.29) is 11.8 Å². The third kappa shape index (κ3) is 4.29. The Hall–Kier alpha value is -3.22. The Morgan fingerprint density at radius 2 is 1.90 bits per heavy atom. The summed E-state index contributed by atoms with van der Waals surface area (Å²) in [5, 5.41) is 7.96. The van der Waals surface area contributed by atoms with Crippen molar-refractivity contribution in [1.29, 1.82) is 0 Å². The molecule has 29 heavy (non-hydrogen) atoms. The van der Waals surface area contributed by atoms with Crippen LogP contribution in [0.25, 0.3) is 11.0 Å². The molecule has 0 radical (unpaired) electrons. The standard InChI is InChI=1S/C22H26N4O3/c1-13(2)17-12-16(19-14(3)25-26(4)20(19)23-17)21(27)24-18(22(28)29-5)11-15-9-7-6-8-10-15/h6-10,12-13,18H,11H2,1-5H3,(H,24,27). The van der Waals surface area contributed by atoms with Crippen molar-refractivity contribution in [2.24, 2.45) is 7.05 Å². The highest BCUT2D eigenvalue weighted by molar-refractivity contribution is 6.07. The molecule has 1 atom stereocenters. The van der Waals surface area contributed by atoms with Crippen LogP contribution in [0.2, 0.25) is 0 Å². The molecule has 0 spiro atoms. The van der Waals surface area contributed by atoms with Crippen LogP contribution < -0.4 is 5.32 Å². The Labute approximate surface area is 170 Å². The molecule has 0 aliphatic carbocycles. The molecule has 1 N–H and O–H groups in total. The van der Waals surface area contributed by atoms with Gasteiger partial charge < -0.3 is 10.1 Å². The average molecular weight is 394 g/mol. The zero-order chi connectivity index (χ0) is 21.1. The number of benzene rings is 1. The molecule has 3 aromatic rings. The van der Waals surface area contributed by atoms with Gasteiger partial charge in [0.25, 0.3) is 5.91 Å². The predicted molar refractivity (Wildman–Crippen MR) is 111 cm³/mol. The number of esters is 1. The molecule has 1 aromatic carbocycles. The number of ether oxygens (including phenoxy) is 1. The highest BCUT2D eigenvalue weighted by Crippen LogP contribution is 2.25. The number of aryl methyl sites for hydroxylation is 2. The fourth-order valence-electron chi connectivity index (χ4n) is 3.36. The maximum absolute atomic E-state index is 13.2. The molecule has 1 unspecified atom stereocenters. The monoisotopic (exact) mass is 394 g/mol. The second-order valence-electron chi connectivity index (χ2n) is 7.40. The molecular weight excluding hydrogens is 368 g/mol. The lowest BCUT2D eigenvalue weighted by atomic mass is 10.0. The minimum atomic E-state index is -0.794. The van der Waals surface area contributed by atoms with E-state index < -0.39 is 12.0 Å². The van der Waals surface area contributed by atoms with Crippen LogP contribution >= 0.6 is 0 Å². The highest BCUT2D eigenvalue weighted by atomic mass is 16.5. The first-order valence-corrected chi connectivity index (χ1v) is 9.58. The molecule has 3 rings (SSSR count). The Kier molecular flexibility index (Phi) is 5.96. The van der Waals surface area contributed by atoms with Crippen molar-refractivity contribution in [2.75, 3.05) is 7.11 Å². The molecule has 0 saturated heterocycles. The number of methoxy groups -OCH3 is 1. The maximum atomic E-state index is 13.2. The van der Waals surface area contributed by atoms with Crippen LogP contribution in [0.3, 0.4) is 0 Å². The van der Waals surface area contributed by atoms with E-state index in [0.29, 0.717) is 28.7 Å². The molecule has 1 amide bonds. The molecule has 0 aliphatic heterocycles. The van der Waals surface area contributed by atoms with Crippen LogP contribution in [0.5, 0.6) is 0 Å². The fourth-order valence-corrected chi connectivity index (χ4v) is 3.36. The Morgan fingerprint density at radius 1 is 1.21 bits per heavy atom. The summed E-state index contributed by atoms with van der Waals surface area (Å²) in [6.45, 7) is 5.88. The summed E-state index contributed by atoms with van der Waals surface area (Å²) in [5.41, 5.74) is 3.56. The number of aromatic nitrogens is 3. The van der Waals surface area contributed by atoms with E-state index in [1.54, 1.807) is 17.8 Å². The van der Waals surface area contributed by atoms with Crippen LogP contribution in [-0.2, 0) is 23.0 Å². The smallest absolute Gasteiger partial charge is 0.328 e. The van der Waals surface area contributed by atoms with Crippen LogP contribution in [-0.4, -0.2) is 39.8 Å². The van der Waals surface area contributed by atoms with Gasteiger partial charge in [0.15, 0.2) is 5.65 Å². The first-order valence-electron chi connectivity index (χ1n) is 9.58. The van der Waals surface area contributed by atoms with Gasteiger partial charge in [0.2, 0.25) is 0 Å². The van der Waals surface area contributed by atoms with Gasteiger partial charge >= 0.3 is 5.97 Å².